The highest BCUT2D eigenvalue weighted by atomic mass is 16.5. The van der Waals surface area contributed by atoms with Gasteiger partial charge in [0.2, 0.25) is 5.91 Å². The molecule has 4 rings (SSSR count). The number of likely N-dealkylation sites (tertiary alicyclic amines) is 1. The van der Waals surface area contributed by atoms with Crippen molar-refractivity contribution < 1.29 is 14.3 Å². The minimum absolute atomic E-state index is 0.0215. The normalized spacial score (nSPS) is 20.0. The van der Waals surface area contributed by atoms with E-state index in [2.05, 4.69) is 10.6 Å². The summed E-state index contributed by atoms with van der Waals surface area (Å²) in [6.07, 6.45) is 2.10. The second-order valence-electron chi connectivity index (χ2n) is 8.93. The molecule has 0 aliphatic carbocycles. The molecule has 2 aromatic rings. The molecule has 2 N–H and O–H groups in total. The molecule has 8 nitrogen and oxygen atoms in total. The molecule has 1 aromatic heterocycles. The van der Waals surface area contributed by atoms with Gasteiger partial charge in [-0.05, 0) is 30.4 Å². The van der Waals surface area contributed by atoms with E-state index in [4.69, 9.17) is 4.74 Å². The first-order chi connectivity index (χ1) is 16.0. The standard InChI is InChI=1S/C25H32N4O4/c1-33-12-6-11-26-24(31)21(14-18-7-3-2-4-8-18)27-25(32)28-15-19-13-20(17-28)22-9-5-10-23(30)29(22)16-19/h2-5,7-10,19-21H,6,11-17H2,1H3,(H,26,31)(H,27,32)/t19?,20?,21-/m0/s1. The van der Waals surface area contributed by atoms with Gasteiger partial charge in [0.15, 0.2) is 0 Å². The van der Waals surface area contributed by atoms with E-state index < -0.39 is 6.04 Å². The van der Waals surface area contributed by atoms with Crippen LogP contribution in [0.1, 0.15) is 30.0 Å². The number of rotatable bonds is 8. The first-order valence-electron chi connectivity index (χ1n) is 11.6. The van der Waals surface area contributed by atoms with Gasteiger partial charge in [-0.3, -0.25) is 9.59 Å². The molecular weight excluding hydrogens is 420 g/mol. The van der Waals surface area contributed by atoms with Crippen LogP contribution in [-0.2, 0) is 22.5 Å². The number of amides is 3. The molecule has 8 heteroatoms. The molecule has 2 aliphatic rings. The van der Waals surface area contributed by atoms with Crippen molar-refractivity contribution >= 4 is 11.9 Å². The zero-order valence-corrected chi connectivity index (χ0v) is 19.0. The number of methoxy groups -OCH3 is 1. The van der Waals surface area contributed by atoms with E-state index in [0.717, 1.165) is 17.7 Å². The monoisotopic (exact) mass is 452 g/mol. The summed E-state index contributed by atoms with van der Waals surface area (Å²) in [5.41, 5.74) is 2.00. The first-order valence-corrected chi connectivity index (χ1v) is 11.6. The zero-order valence-electron chi connectivity index (χ0n) is 19.0. The second-order valence-corrected chi connectivity index (χ2v) is 8.93. The molecule has 1 fully saturated rings. The van der Waals surface area contributed by atoms with E-state index in [0.29, 0.717) is 45.6 Å². The Bertz CT molecular complexity index is 1020. The molecule has 0 saturated carbocycles. The van der Waals surface area contributed by atoms with Crippen molar-refractivity contribution in [2.24, 2.45) is 5.92 Å². The average Bonchev–Trinajstić information content (AvgIpc) is 2.82. The number of urea groups is 1. The highest BCUT2D eigenvalue weighted by Crippen LogP contribution is 2.34. The highest BCUT2D eigenvalue weighted by Gasteiger charge is 2.37. The molecule has 3 heterocycles. The lowest BCUT2D eigenvalue weighted by Gasteiger charge is -2.43. The van der Waals surface area contributed by atoms with Crippen LogP contribution in [0.15, 0.2) is 53.3 Å². The van der Waals surface area contributed by atoms with Crippen LogP contribution in [0.25, 0.3) is 0 Å². The summed E-state index contributed by atoms with van der Waals surface area (Å²) in [7, 11) is 1.63. The third-order valence-corrected chi connectivity index (χ3v) is 6.49. The van der Waals surface area contributed by atoms with Crippen LogP contribution in [0.5, 0.6) is 0 Å². The number of fused-ring (bicyclic) bond motifs is 4. The number of ether oxygens (including phenoxy) is 1. The van der Waals surface area contributed by atoms with Crippen LogP contribution >= 0.6 is 0 Å². The second kappa shape index (κ2) is 10.7. The Labute approximate surface area is 193 Å². The predicted octanol–water partition coefficient (Wildman–Crippen LogP) is 1.74. The zero-order chi connectivity index (χ0) is 23.2. The summed E-state index contributed by atoms with van der Waals surface area (Å²) in [4.78, 5) is 40.2. The average molecular weight is 453 g/mol. The Morgan fingerprint density at radius 2 is 1.91 bits per heavy atom. The third-order valence-electron chi connectivity index (χ3n) is 6.49. The van der Waals surface area contributed by atoms with Gasteiger partial charge >= 0.3 is 6.03 Å². The Morgan fingerprint density at radius 3 is 2.70 bits per heavy atom. The Balaban J connectivity index is 1.44. The number of nitrogens with zero attached hydrogens (tertiary/aromatic N) is 2. The van der Waals surface area contributed by atoms with Crippen molar-refractivity contribution in [2.75, 3.05) is 33.4 Å². The maximum absolute atomic E-state index is 13.2. The van der Waals surface area contributed by atoms with Gasteiger partial charge in [-0.15, -0.1) is 0 Å². The number of aromatic nitrogens is 1. The summed E-state index contributed by atoms with van der Waals surface area (Å²) < 4.78 is 6.89. The predicted molar refractivity (Wildman–Crippen MR) is 125 cm³/mol. The van der Waals surface area contributed by atoms with Gasteiger partial charge in [-0.2, -0.15) is 0 Å². The van der Waals surface area contributed by atoms with E-state index in [-0.39, 0.29) is 29.3 Å². The summed E-state index contributed by atoms with van der Waals surface area (Å²) in [5.74, 6) is 0.169. The van der Waals surface area contributed by atoms with E-state index in [1.807, 2.05) is 41.0 Å². The fraction of sp³-hybridized carbons (Fsp3) is 0.480. The van der Waals surface area contributed by atoms with Crippen molar-refractivity contribution in [2.45, 2.75) is 37.8 Å². The molecule has 0 spiro atoms. The lowest BCUT2D eigenvalue weighted by atomic mass is 9.83. The molecule has 3 amide bonds. The molecular formula is C25H32N4O4. The number of piperidine rings is 1. The largest absolute Gasteiger partial charge is 0.385 e. The minimum Gasteiger partial charge on any atom is -0.385 e. The third kappa shape index (κ3) is 5.63. The molecule has 3 atom stereocenters. The molecule has 2 bridgehead atoms. The van der Waals surface area contributed by atoms with Crippen molar-refractivity contribution in [3.8, 4) is 0 Å². The topological polar surface area (TPSA) is 92.7 Å². The lowest BCUT2D eigenvalue weighted by molar-refractivity contribution is -0.123. The van der Waals surface area contributed by atoms with Crippen LogP contribution in [0.4, 0.5) is 4.79 Å². The van der Waals surface area contributed by atoms with E-state index >= 15 is 0 Å². The number of carbonyl (C=O) groups excluding carboxylic acids is 2. The molecule has 0 radical (unpaired) electrons. The van der Waals surface area contributed by atoms with Gasteiger partial charge in [0.05, 0.1) is 0 Å². The molecule has 33 heavy (non-hydrogen) atoms. The molecule has 1 saturated heterocycles. The van der Waals surface area contributed by atoms with Crippen molar-refractivity contribution in [1.29, 1.82) is 0 Å². The van der Waals surface area contributed by atoms with Crippen LogP contribution in [0.3, 0.4) is 0 Å². The maximum Gasteiger partial charge on any atom is 0.318 e. The Kier molecular flexibility index (Phi) is 7.44. The minimum atomic E-state index is -0.667. The van der Waals surface area contributed by atoms with Gasteiger partial charge in [0, 0.05) is 64.0 Å². The van der Waals surface area contributed by atoms with Crippen molar-refractivity contribution in [3.63, 3.8) is 0 Å². The maximum atomic E-state index is 13.2. The van der Waals surface area contributed by atoms with Crippen LogP contribution in [-0.4, -0.2) is 60.8 Å². The number of hydrogen-bond donors (Lipinski definition) is 2. The van der Waals surface area contributed by atoms with E-state index in [1.165, 1.54) is 0 Å². The number of benzene rings is 1. The molecule has 1 aromatic carbocycles. The Morgan fingerprint density at radius 1 is 1.09 bits per heavy atom. The lowest BCUT2D eigenvalue weighted by Crippen LogP contribution is -2.56. The van der Waals surface area contributed by atoms with Gasteiger partial charge in [-0.1, -0.05) is 36.4 Å². The smallest absolute Gasteiger partial charge is 0.318 e. The molecule has 2 aliphatic heterocycles. The number of hydrogen-bond acceptors (Lipinski definition) is 4. The van der Waals surface area contributed by atoms with Crippen LogP contribution in [0.2, 0.25) is 0 Å². The summed E-state index contributed by atoms with van der Waals surface area (Å²) in [5, 5.41) is 5.89. The number of nitrogens with one attached hydrogen (secondary N) is 2. The molecule has 176 valence electrons. The first kappa shape index (κ1) is 23.0. The van der Waals surface area contributed by atoms with Gasteiger partial charge < -0.3 is 24.8 Å². The highest BCUT2D eigenvalue weighted by molar-refractivity contribution is 5.87. The summed E-state index contributed by atoms with van der Waals surface area (Å²) in [6.45, 7) is 2.81. The molecule has 2 unspecified atom stereocenters. The van der Waals surface area contributed by atoms with Crippen LogP contribution in [0, 0.1) is 5.92 Å². The van der Waals surface area contributed by atoms with E-state index in [1.54, 1.807) is 24.1 Å². The quantitative estimate of drug-likeness (QED) is 0.597. The van der Waals surface area contributed by atoms with E-state index in [9.17, 15) is 14.4 Å². The van der Waals surface area contributed by atoms with Crippen molar-refractivity contribution in [3.05, 3.63) is 70.1 Å². The number of carbonyl (C=O) groups is 2. The van der Waals surface area contributed by atoms with Gasteiger partial charge in [-0.25, -0.2) is 4.79 Å². The van der Waals surface area contributed by atoms with Crippen molar-refractivity contribution in [1.82, 2.24) is 20.1 Å². The fourth-order valence-electron chi connectivity index (χ4n) is 4.91. The van der Waals surface area contributed by atoms with Crippen LogP contribution < -0.4 is 16.2 Å². The van der Waals surface area contributed by atoms with Gasteiger partial charge in [0.25, 0.3) is 5.56 Å². The summed E-state index contributed by atoms with van der Waals surface area (Å²) in [6, 6.07) is 14.2. The SMILES string of the molecule is COCCCNC(=O)[C@H](Cc1ccccc1)NC(=O)N1CC2CC(C1)c1cccc(=O)n1C2. The summed E-state index contributed by atoms with van der Waals surface area (Å²) >= 11 is 0. The number of pyridine rings is 1. The van der Waals surface area contributed by atoms with Gasteiger partial charge in [0.1, 0.15) is 6.04 Å². The Hall–Kier alpha value is -3.13. The fourth-order valence-corrected chi connectivity index (χ4v) is 4.91.